The molecule has 1 N–H and O–H groups in total. The van der Waals surface area contributed by atoms with E-state index in [4.69, 9.17) is 23.7 Å². The van der Waals surface area contributed by atoms with E-state index in [1.54, 1.807) is 42.5 Å². The predicted molar refractivity (Wildman–Crippen MR) is 170 cm³/mol. The first-order chi connectivity index (χ1) is 21.5. The fourth-order valence-corrected chi connectivity index (χ4v) is 4.24. The van der Waals surface area contributed by atoms with E-state index in [0.717, 1.165) is 11.1 Å². The summed E-state index contributed by atoms with van der Waals surface area (Å²) in [6.45, 7) is 7.86. The van der Waals surface area contributed by atoms with Gasteiger partial charge in [-0.15, -0.1) is 0 Å². The molecule has 0 radical (unpaired) electrons. The molecule has 0 heterocycles. The highest BCUT2D eigenvalue weighted by Gasteiger charge is 2.13. The van der Waals surface area contributed by atoms with Crippen molar-refractivity contribution in [1.82, 2.24) is 0 Å². The Morgan fingerprint density at radius 2 is 1.30 bits per heavy atom. The quantitative estimate of drug-likeness (QED) is 0.112. The summed E-state index contributed by atoms with van der Waals surface area (Å²) in [5.74, 6) is 2.51. The Balaban J connectivity index is 1.44. The lowest BCUT2D eigenvalue weighted by Crippen LogP contribution is -2.13. The summed E-state index contributed by atoms with van der Waals surface area (Å²) in [6, 6.07) is 29.9. The maximum atomic E-state index is 12.8. The van der Waals surface area contributed by atoms with Crippen molar-refractivity contribution >= 4 is 17.7 Å². The van der Waals surface area contributed by atoms with Crippen LogP contribution in [-0.2, 0) is 18.0 Å². The molecule has 0 unspecified atom stereocenters. The van der Waals surface area contributed by atoms with E-state index in [2.05, 4.69) is 5.32 Å². The number of rotatable bonds is 15. The number of nitriles is 1. The van der Waals surface area contributed by atoms with E-state index in [1.807, 2.05) is 75.4 Å². The zero-order valence-corrected chi connectivity index (χ0v) is 25.2. The topological polar surface area (TPSA) is 99.0 Å². The number of ether oxygens (including phenoxy) is 5. The van der Waals surface area contributed by atoms with Gasteiger partial charge in [-0.2, -0.15) is 5.26 Å². The van der Waals surface area contributed by atoms with E-state index < -0.39 is 5.91 Å². The third-order valence-corrected chi connectivity index (χ3v) is 6.31. The number of nitrogens with zero attached hydrogens (tertiary/aromatic N) is 1. The van der Waals surface area contributed by atoms with Crippen LogP contribution in [-0.4, -0.2) is 25.7 Å². The van der Waals surface area contributed by atoms with Crippen LogP contribution in [0.25, 0.3) is 6.08 Å². The zero-order valence-electron chi connectivity index (χ0n) is 25.2. The van der Waals surface area contributed by atoms with Crippen LogP contribution < -0.4 is 29.0 Å². The van der Waals surface area contributed by atoms with E-state index in [9.17, 15) is 10.1 Å². The van der Waals surface area contributed by atoms with Gasteiger partial charge in [0.15, 0.2) is 23.0 Å². The zero-order chi connectivity index (χ0) is 31.1. The molecule has 226 valence electrons. The Morgan fingerprint density at radius 3 is 1.93 bits per heavy atom. The fraction of sp³-hybridized carbons (Fsp3) is 0.222. The number of hydrogen-bond acceptors (Lipinski definition) is 7. The molecule has 4 rings (SSSR count). The van der Waals surface area contributed by atoms with Crippen LogP contribution in [0.5, 0.6) is 28.7 Å². The van der Waals surface area contributed by atoms with Crippen LogP contribution in [0.3, 0.4) is 0 Å². The summed E-state index contributed by atoms with van der Waals surface area (Å²) in [7, 11) is 0. The molecule has 0 fully saturated rings. The van der Waals surface area contributed by atoms with Crippen LogP contribution in [0.15, 0.2) is 96.6 Å². The van der Waals surface area contributed by atoms with Crippen molar-refractivity contribution < 1.29 is 28.5 Å². The lowest BCUT2D eigenvalue weighted by Gasteiger charge is -2.15. The van der Waals surface area contributed by atoms with Gasteiger partial charge in [0.2, 0.25) is 0 Å². The molecule has 0 spiro atoms. The normalized spacial score (nSPS) is 10.8. The summed E-state index contributed by atoms with van der Waals surface area (Å²) >= 11 is 0. The van der Waals surface area contributed by atoms with Crippen molar-refractivity contribution in [2.75, 3.05) is 25.1 Å². The Kier molecular flexibility index (Phi) is 11.7. The molecule has 0 aromatic heterocycles. The van der Waals surface area contributed by atoms with Gasteiger partial charge >= 0.3 is 0 Å². The first-order valence-electron chi connectivity index (χ1n) is 14.5. The molecule has 8 heteroatoms. The third-order valence-electron chi connectivity index (χ3n) is 6.31. The lowest BCUT2D eigenvalue weighted by molar-refractivity contribution is -0.112. The van der Waals surface area contributed by atoms with Crippen molar-refractivity contribution in [1.29, 1.82) is 5.26 Å². The molecule has 0 saturated heterocycles. The van der Waals surface area contributed by atoms with Crippen molar-refractivity contribution in [2.24, 2.45) is 0 Å². The molecule has 0 aliphatic heterocycles. The Hall–Kier alpha value is -5.42. The van der Waals surface area contributed by atoms with Crippen LogP contribution in [0.1, 0.15) is 37.5 Å². The van der Waals surface area contributed by atoms with Gasteiger partial charge in [-0.3, -0.25) is 4.79 Å². The summed E-state index contributed by atoms with van der Waals surface area (Å²) in [5, 5.41) is 12.4. The highest BCUT2D eigenvalue weighted by Crippen LogP contribution is 2.33. The summed E-state index contributed by atoms with van der Waals surface area (Å²) in [6.07, 6.45) is 1.51. The minimum atomic E-state index is -0.517. The van der Waals surface area contributed by atoms with Gasteiger partial charge in [-0.05, 0) is 92.1 Å². The number of nitrogens with one attached hydrogen (secondary N) is 1. The van der Waals surface area contributed by atoms with Crippen LogP contribution in [0.4, 0.5) is 5.69 Å². The van der Waals surface area contributed by atoms with Crippen molar-refractivity contribution in [3.63, 3.8) is 0 Å². The molecular formula is C36H36N2O6. The maximum Gasteiger partial charge on any atom is 0.266 e. The first-order valence-corrected chi connectivity index (χ1v) is 14.5. The van der Waals surface area contributed by atoms with Gasteiger partial charge in [0.1, 0.15) is 30.6 Å². The Bertz CT molecular complexity index is 1590. The second-order valence-corrected chi connectivity index (χ2v) is 9.50. The number of carbonyl (C=O) groups excluding carboxylic acids is 1. The van der Waals surface area contributed by atoms with Gasteiger partial charge < -0.3 is 29.0 Å². The minimum absolute atomic E-state index is 0.0481. The Labute approximate surface area is 258 Å². The van der Waals surface area contributed by atoms with Gasteiger partial charge in [0.05, 0.1) is 19.8 Å². The lowest BCUT2D eigenvalue weighted by atomic mass is 10.1. The SMILES string of the molecule is CCOc1ccc(NC(=O)/C(C#N)=C/c2ccc(OCc3ccc(OCc4ccccc4)c(OCC)c3)c(OCC)c2)cc1. The predicted octanol–water partition coefficient (Wildman–Crippen LogP) is 7.59. The Morgan fingerprint density at radius 1 is 0.682 bits per heavy atom. The number of amides is 1. The molecule has 44 heavy (non-hydrogen) atoms. The van der Waals surface area contributed by atoms with Gasteiger partial charge in [0, 0.05) is 5.69 Å². The van der Waals surface area contributed by atoms with Crippen LogP contribution in [0, 0.1) is 11.3 Å². The van der Waals surface area contributed by atoms with E-state index >= 15 is 0 Å². The number of hydrogen-bond donors (Lipinski definition) is 1. The van der Waals surface area contributed by atoms with Crippen LogP contribution >= 0.6 is 0 Å². The van der Waals surface area contributed by atoms with Gasteiger partial charge in [0.25, 0.3) is 5.91 Å². The molecule has 4 aromatic rings. The summed E-state index contributed by atoms with van der Waals surface area (Å²) in [4.78, 5) is 12.8. The third kappa shape index (κ3) is 9.04. The molecule has 0 aliphatic rings. The summed E-state index contributed by atoms with van der Waals surface area (Å²) in [5.41, 5.74) is 3.09. The smallest absolute Gasteiger partial charge is 0.266 e. The number of carbonyl (C=O) groups is 1. The highest BCUT2D eigenvalue weighted by molar-refractivity contribution is 6.09. The van der Waals surface area contributed by atoms with Crippen molar-refractivity contribution in [2.45, 2.75) is 34.0 Å². The molecule has 1 amide bonds. The molecular weight excluding hydrogens is 556 g/mol. The standard InChI is InChI=1S/C36H36N2O6/c1-4-40-31-16-14-30(15-17-31)38-36(39)29(23-37)20-27-12-18-32(34(21-27)41-5-2)44-25-28-13-19-33(35(22-28)42-6-3)43-24-26-10-8-7-9-11-26/h7-22H,4-6,24-25H2,1-3H3,(H,38,39)/b29-20+. The van der Waals surface area contributed by atoms with Crippen molar-refractivity contribution in [3.05, 3.63) is 113 Å². The molecule has 0 saturated carbocycles. The second kappa shape index (κ2) is 16.3. The maximum absolute atomic E-state index is 12.8. The average Bonchev–Trinajstić information content (AvgIpc) is 3.04. The average molecular weight is 593 g/mol. The second-order valence-electron chi connectivity index (χ2n) is 9.50. The fourth-order valence-electron chi connectivity index (χ4n) is 4.24. The minimum Gasteiger partial charge on any atom is -0.494 e. The van der Waals surface area contributed by atoms with E-state index in [1.165, 1.54) is 6.08 Å². The van der Waals surface area contributed by atoms with E-state index in [0.29, 0.717) is 66.4 Å². The molecule has 8 nitrogen and oxygen atoms in total. The molecule has 0 bridgehead atoms. The monoisotopic (exact) mass is 592 g/mol. The summed E-state index contributed by atoms with van der Waals surface area (Å²) < 4.78 is 29.2. The van der Waals surface area contributed by atoms with Gasteiger partial charge in [-0.25, -0.2) is 0 Å². The number of anilines is 1. The molecule has 4 aromatic carbocycles. The van der Waals surface area contributed by atoms with Crippen LogP contribution in [0.2, 0.25) is 0 Å². The van der Waals surface area contributed by atoms with E-state index in [-0.39, 0.29) is 12.2 Å². The highest BCUT2D eigenvalue weighted by atomic mass is 16.5. The van der Waals surface area contributed by atoms with Crippen molar-refractivity contribution in [3.8, 4) is 34.8 Å². The molecule has 0 atom stereocenters. The number of benzene rings is 4. The molecule has 0 aliphatic carbocycles. The largest absolute Gasteiger partial charge is 0.494 e. The van der Waals surface area contributed by atoms with Gasteiger partial charge in [-0.1, -0.05) is 42.5 Å². The first kappa shape index (κ1) is 31.5.